The molecule has 3 unspecified atom stereocenters. The van der Waals surface area contributed by atoms with E-state index in [9.17, 15) is 19.5 Å². The van der Waals surface area contributed by atoms with Crippen molar-refractivity contribution in [2.45, 2.75) is 57.0 Å². The lowest BCUT2D eigenvalue weighted by Crippen LogP contribution is -2.48. The quantitative estimate of drug-likeness (QED) is 0.576. The Bertz CT molecular complexity index is 1110. The van der Waals surface area contributed by atoms with E-state index in [0.717, 1.165) is 11.1 Å². The molecular weight excluding hydrogens is 432 g/mol. The number of alkyl carbamates (subject to hydrolysis) is 1. The number of carbonyl (C=O) groups excluding carboxylic acids is 2. The molecule has 3 aliphatic carbocycles. The van der Waals surface area contributed by atoms with Gasteiger partial charge in [0.05, 0.1) is 5.41 Å². The van der Waals surface area contributed by atoms with Gasteiger partial charge in [0.25, 0.3) is 0 Å². The van der Waals surface area contributed by atoms with Crippen LogP contribution in [0.5, 0.6) is 0 Å². The standard InChI is InChI=1S/C27H30N2O5/c1-26(2,14-23(30)28-17-11-16-12-27(16,13-17)24(31)32)29-25(33)34-15-22-20-9-5-3-7-18(20)19-8-4-6-10-21(19)22/h3-10,16-17,22H,11-15H2,1-2H3,(H,28,30)(H,29,33)(H,31,32). The summed E-state index contributed by atoms with van der Waals surface area (Å²) in [7, 11) is 0. The zero-order valence-corrected chi connectivity index (χ0v) is 19.5. The fraction of sp³-hybridized carbons (Fsp3) is 0.444. The Morgan fingerprint density at radius 1 is 1.03 bits per heavy atom. The zero-order valence-electron chi connectivity index (χ0n) is 19.5. The van der Waals surface area contributed by atoms with Crippen LogP contribution in [0, 0.1) is 11.3 Å². The topological polar surface area (TPSA) is 105 Å². The van der Waals surface area contributed by atoms with Crippen molar-refractivity contribution < 1.29 is 24.2 Å². The summed E-state index contributed by atoms with van der Waals surface area (Å²) in [6, 6.07) is 16.2. The highest BCUT2D eigenvalue weighted by atomic mass is 16.5. The maximum absolute atomic E-state index is 12.6. The normalized spacial score (nSPS) is 24.5. The van der Waals surface area contributed by atoms with E-state index in [4.69, 9.17) is 4.74 Å². The van der Waals surface area contributed by atoms with E-state index in [-0.39, 0.29) is 36.8 Å². The Kier molecular flexibility index (Phi) is 5.38. The molecule has 0 aromatic heterocycles. The average molecular weight is 463 g/mol. The molecule has 3 aliphatic rings. The number of nitrogens with one attached hydrogen (secondary N) is 2. The lowest BCUT2D eigenvalue weighted by atomic mass is 9.98. The molecule has 2 saturated carbocycles. The van der Waals surface area contributed by atoms with Crippen LogP contribution in [0.2, 0.25) is 0 Å². The Balaban J connectivity index is 1.14. The Morgan fingerprint density at radius 3 is 2.24 bits per heavy atom. The first-order chi connectivity index (χ1) is 16.2. The average Bonchev–Trinajstić information content (AvgIpc) is 3.20. The van der Waals surface area contributed by atoms with Gasteiger partial charge in [-0.2, -0.15) is 0 Å². The van der Waals surface area contributed by atoms with Crippen molar-refractivity contribution in [1.82, 2.24) is 10.6 Å². The molecule has 0 bridgehead atoms. The highest BCUT2D eigenvalue weighted by Gasteiger charge is 2.65. The Hall–Kier alpha value is -3.35. The van der Waals surface area contributed by atoms with Gasteiger partial charge < -0.3 is 20.5 Å². The molecule has 2 amide bonds. The van der Waals surface area contributed by atoms with Crippen molar-refractivity contribution in [2.75, 3.05) is 6.61 Å². The summed E-state index contributed by atoms with van der Waals surface area (Å²) in [5, 5.41) is 15.2. The van der Waals surface area contributed by atoms with E-state index in [2.05, 4.69) is 34.9 Å². The third-order valence-electron chi connectivity index (χ3n) is 7.59. The third-order valence-corrected chi connectivity index (χ3v) is 7.59. The predicted molar refractivity (Wildman–Crippen MR) is 126 cm³/mol. The maximum Gasteiger partial charge on any atom is 0.407 e. The van der Waals surface area contributed by atoms with E-state index >= 15 is 0 Å². The SMILES string of the molecule is CC(C)(CC(=O)NC1CC2CC2(C(=O)O)C1)NC(=O)OCC1c2ccccc2-c2ccccc21. The highest BCUT2D eigenvalue weighted by Crippen LogP contribution is 2.63. The minimum atomic E-state index is -0.807. The van der Waals surface area contributed by atoms with Crippen LogP contribution in [0.1, 0.15) is 56.6 Å². The van der Waals surface area contributed by atoms with Crippen molar-refractivity contribution in [3.05, 3.63) is 59.7 Å². The molecule has 7 heteroatoms. The molecule has 3 N–H and O–H groups in total. The van der Waals surface area contributed by atoms with Crippen LogP contribution >= 0.6 is 0 Å². The number of fused-ring (bicyclic) bond motifs is 4. The number of carboxylic acid groups (broad SMARTS) is 1. The number of carbonyl (C=O) groups is 3. The van der Waals surface area contributed by atoms with Gasteiger partial charge in [0.15, 0.2) is 0 Å². The molecule has 0 radical (unpaired) electrons. The second-order valence-corrected chi connectivity index (χ2v) is 10.6. The van der Waals surface area contributed by atoms with Crippen LogP contribution in [0.3, 0.4) is 0 Å². The Labute approximate surface area is 198 Å². The van der Waals surface area contributed by atoms with Crippen molar-refractivity contribution >= 4 is 18.0 Å². The number of benzene rings is 2. The smallest absolute Gasteiger partial charge is 0.407 e. The fourth-order valence-corrected chi connectivity index (χ4v) is 5.90. The molecule has 7 nitrogen and oxygen atoms in total. The van der Waals surface area contributed by atoms with Crippen molar-refractivity contribution in [3.8, 4) is 11.1 Å². The number of amides is 2. The first kappa shape index (κ1) is 22.4. The molecular formula is C27H30N2O5. The maximum atomic E-state index is 12.6. The molecule has 0 saturated heterocycles. The van der Waals surface area contributed by atoms with Crippen LogP contribution in [0.4, 0.5) is 4.79 Å². The zero-order chi connectivity index (χ0) is 24.1. The molecule has 0 spiro atoms. The summed E-state index contributed by atoms with van der Waals surface area (Å²) in [6.45, 7) is 3.76. The van der Waals surface area contributed by atoms with Crippen LogP contribution in [-0.4, -0.2) is 41.3 Å². The summed E-state index contributed by atoms with van der Waals surface area (Å²) in [5.74, 6) is -0.815. The van der Waals surface area contributed by atoms with Gasteiger partial charge in [-0.1, -0.05) is 48.5 Å². The molecule has 5 rings (SSSR count). The van der Waals surface area contributed by atoms with Gasteiger partial charge in [0.2, 0.25) is 5.91 Å². The lowest BCUT2D eigenvalue weighted by Gasteiger charge is -2.27. The molecule has 2 aromatic carbocycles. The van der Waals surface area contributed by atoms with Gasteiger partial charge >= 0.3 is 12.1 Å². The summed E-state index contributed by atoms with van der Waals surface area (Å²) in [6.07, 6.45) is 1.42. The van der Waals surface area contributed by atoms with Crippen LogP contribution < -0.4 is 10.6 Å². The first-order valence-corrected chi connectivity index (χ1v) is 11.8. The number of carboxylic acids is 1. The van der Waals surface area contributed by atoms with Crippen molar-refractivity contribution in [1.29, 1.82) is 0 Å². The minimum absolute atomic E-state index is 0.0279. The van der Waals surface area contributed by atoms with Crippen molar-refractivity contribution in [3.63, 3.8) is 0 Å². The van der Waals surface area contributed by atoms with Crippen LogP contribution in [-0.2, 0) is 14.3 Å². The van der Waals surface area contributed by atoms with E-state index in [1.54, 1.807) is 13.8 Å². The Morgan fingerprint density at radius 2 is 1.65 bits per heavy atom. The summed E-state index contributed by atoms with van der Waals surface area (Å²) in [4.78, 5) is 36.6. The van der Waals surface area contributed by atoms with Gasteiger partial charge in [0.1, 0.15) is 6.61 Å². The van der Waals surface area contributed by atoms with Crippen LogP contribution in [0.25, 0.3) is 11.1 Å². The lowest BCUT2D eigenvalue weighted by molar-refractivity contribution is -0.143. The van der Waals surface area contributed by atoms with E-state index in [1.165, 1.54) is 11.1 Å². The molecule has 2 aromatic rings. The summed E-state index contributed by atoms with van der Waals surface area (Å²) in [5.41, 5.74) is 3.18. The fourth-order valence-electron chi connectivity index (χ4n) is 5.90. The number of rotatable bonds is 7. The number of aliphatic carboxylic acids is 1. The summed E-state index contributed by atoms with van der Waals surface area (Å²) < 4.78 is 5.60. The van der Waals surface area contributed by atoms with Gasteiger partial charge in [-0.25, -0.2) is 4.79 Å². The highest BCUT2D eigenvalue weighted by molar-refractivity contribution is 5.82. The molecule has 178 valence electrons. The molecule has 34 heavy (non-hydrogen) atoms. The van der Waals surface area contributed by atoms with Gasteiger partial charge in [-0.3, -0.25) is 9.59 Å². The van der Waals surface area contributed by atoms with Gasteiger partial charge in [-0.15, -0.1) is 0 Å². The van der Waals surface area contributed by atoms with E-state index < -0.39 is 23.0 Å². The molecule has 0 aliphatic heterocycles. The summed E-state index contributed by atoms with van der Waals surface area (Å²) >= 11 is 0. The number of ether oxygens (including phenoxy) is 1. The first-order valence-electron chi connectivity index (χ1n) is 11.8. The molecule has 2 fully saturated rings. The molecule has 0 heterocycles. The minimum Gasteiger partial charge on any atom is -0.481 e. The second kappa shape index (κ2) is 8.15. The van der Waals surface area contributed by atoms with Gasteiger partial charge in [0, 0.05) is 23.9 Å². The van der Waals surface area contributed by atoms with Crippen LogP contribution in [0.15, 0.2) is 48.5 Å². The third kappa shape index (κ3) is 4.04. The number of hydrogen-bond acceptors (Lipinski definition) is 4. The van der Waals surface area contributed by atoms with Crippen molar-refractivity contribution in [2.24, 2.45) is 11.3 Å². The predicted octanol–water partition coefficient (Wildman–Crippen LogP) is 4.06. The second-order valence-electron chi connectivity index (χ2n) is 10.6. The van der Waals surface area contributed by atoms with E-state index in [0.29, 0.717) is 19.3 Å². The molecule has 3 atom stereocenters. The largest absolute Gasteiger partial charge is 0.481 e. The number of hydrogen-bond donors (Lipinski definition) is 3. The van der Waals surface area contributed by atoms with Gasteiger partial charge in [-0.05, 0) is 61.3 Å². The monoisotopic (exact) mass is 462 g/mol. The van der Waals surface area contributed by atoms with E-state index in [1.807, 2.05) is 24.3 Å².